The molecule has 0 aliphatic rings. The molecule has 0 atom stereocenters. The third-order valence-corrected chi connectivity index (χ3v) is 4.46. The fourth-order valence-corrected chi connectivity index (χ4v) is 3.23. The van der Waals surface area contributed by atoms with Gasteiger partial charge in [-0.05, 0) is 48.7 Å². The highest BCUT2D eigenvalue weighted by molar-refractivity contribution is 7.92. The number of anilines is 1. The van der Waals surface area contributed by atoms with Gasteiger partial charge in [-0.3, -0.25) is 4.72 Å². The summed E-state index contributed by atoms with van der Waals surface area (Å²) in [5, 5.41) is 0. The van der Waals surface area contributed by atoms with Crippen LogP contribution in [0.1, 0.15) is 11.1 Å². The average molecular weight is 310 g/mol. The molecule has 0 amide bonds. The number of alkyl halides is 1. The summed E-state index contributed by atoms with van der Waals surface area (Å²) >= 11 is 5.67. The van der Waals surface area contributed by atoms with Crippen LogP contribution in [0.2, 0.25) is 0 Å². The van der Waals surface area contributed by atoms with Gasteiger partial charge in [-0.1, -0.05) is 24.3 Å². The first-order valence-electron chi connectivity index (χ1n) is 6.26. The number of hydrogen-bond acceptors (Lipinski definition) is 2. The van der Waals surface area contributed by atoms with Gasteiger partial charge in [-0.15, -0.1) is 11.6 Å². The van der Waals surface area contributed by atoms with Gasteiger partial charge in [0.15, 0.2) is 0 Å². The zero-order valence-electron chi connectivity index (χ0n) is 11.1. The van der Waals surface area contributed by atoms with Gasteiger partial charge in [0, 0.05) is 11.6 Å². The largest absolute Gasteiger partial charge is 0.280 e. The maximum Gasteiger partial charge on any atom is 0.261 e. The van der Waals surface area contributed by atoms with Crippen molar-refractivity contribution in [1.29, 1.82) is 0 Å². The van der Waals surface area contributed by atoms with E-state index in [1.807, 2.05) is 25.1 Å². The van der Waals surface area contributed by atoms with Crippen LogP contribution in [0.25, 0.3) is 0 Å². The van der Waals surface area contributed by atoms with E-state index >= 15 is 0 Å². The lowest BCUT2D eigenvalue weighted by molar-refractivity contribution is 0.601. The van der Waals surface area contributed by atoms with Gasteiger partial charge in [-0.25, -0.2) is 8.42 Å². The average Bonchev–Trinajstić information content (AvgIpc) is 2.41. The van der Waals surface area contributed by atoms with E-state index in [2.05, 4.69) is 4.72 Å². The predicted octanol–water partition coefficient (Wildman–Crippen LogP) is 3.58. The Kier molecular flexibility index (Phi) is 4.68. The molecule has 0 radical (unpaired) electrons. The Bertz CT molecular complexity index is 681. The summed E-state index contributed by atoms with van der Waals surface area (Å²) in [7, 11) is -3.54. The lowest BCUT2D eigenvalue weighted by Crippen LogP contribution is -2.13. The number of halogens is 1. The molecule has 0 fully saturated rings. The molecule has 20 heavy (non-hydrogen) atoms. The molecule has 0 bridgehead atoms. The van der Waals surface area contributed by atoms with E-state index in [-0.39, 0.29) is 4.90 Å². The van der Waals surface area contributed by atoms with Crippen molar-refractivity contribution in [1.82, 2.24) is 0 Å². The maximum absolute atomic E-state index is 12.2. The summed E-state index contributed by atoms with van der Waals surface area (Å²) < 4.78 is 27.0. The SMILES string of the molecule is Cc1cccc(S(=O)(=O)Nc2ccc(CCCl)cc2)c1. The molecule has 3 nitrogen and oxygen atoms in total. The monoisotopic (exact) mass is 309 g/mol. The minimum Gasteiger partial charge on any atom is -0.280 e. The minimum atomic E-state index is -3.54. The molecule has 0 unspecified atom stereocenters. The van der Waals surface area contributed by atoms with Crippen molar-refractivity contribution >= 4 is 27.3 Å². The number of nitrogens with one attached hydrogen (secondary N) is 1. The van der Waals surface area contributed by atoms with E-state index < -0.39 is 10.0 Å². The Morgan fingerprint density at radius 2 is 1.80 bits per heavy atom. The van der Waals surface area contributed by atoms with Crippen molar-refractivity contribution in [3.8, 4) is 0 Å². The summed E-state index contributed by atoms with van der Waals surface area (Å²) in [5.74, 6) is 0.550. The zero-order valence-corrected chi connectivity index (χ0v) is 12.7. The van der Waals surface area contributed by atoms with Crippen molar-refractivity contribution in [3.63, 3.8) is 0 Å². The molecule has 0 aromatic heterocycles. The highest BCUT2D eigenvalue weighted by Gasteiger charge is 2.13. The van der Waals surface area contributed by atoms with E-state index in [0.29, 0.717) is 11.6 Å². The third kappa shape index (κ3) is 3.74. The van der Waals surface area contributed by atoms with Gasteiger partial charge in [0.1, 0.15) is 0 Å². The Morgan fingerprint density at radius 3 is 2.40 bits per heavy atom. The number of hydrogen-bond donors (Lipinski definition) is 1. The summed E-state index contributed by atoms with van der Waals surface area (Å²) in [5.41, 5.74) is 2.54. The van der Waals surface area contributed by atoms with Gasteiger partial charge in [0.2, 0.25) is 0 Å². The van der Waals surface area contributed by atoms with E-state index in [1.54, 1.807) is 30.3 Å². The molecule has 2 rings (SSSR count). The molecule has 2 aromatic carbocycles. The second kappa shape index (κ2) is 6.29. The zero-order chi connectivity index (χ0) is 14.6. The molecule has 2 aromatic rings. The van der Waals surface area contributed by atoms with Crippen LogP contribution in [0.3, 0.4) is 0 Å². The first-order valence-corrected chi connectivity index (χ1v) is 8.27. The second-order valence-corrected chi connectivity index (χ2v) is 6.62. The summed E-state index contributed by atoms with van der Waals surface area (Å²) in [4.78, 5) is 0.266. The van der Waals surface area contributed by atoms with Crippen LogP contribution in [-0.2, 0) is 16.4 Å². The Morgan fingerprint density at radius 1 is 1.10 bits per heavy atom. The molecule has 1 N–H and O–H groups in total. The van der Waals surface area contributed by atoms with Crippen molar-refractivity contribution in [2.45, 2.75) is 18.2 Å². The van der Waals surface area contributed by atoms with Gasteiger partial charge >= 0.3 is 0 Å². The lowest BCUT2D eigenvalue weighted by Gasteiger charge is -2.09. The first kappa shape index (κ1) is 14.9. The molecule has 0 aliphatic carbocycles. The Labute approximate surface area is 124 Å². The molecule has 0 saturated carbocycles. The van der Waals surface area contributed by atoms with E-state index in [0.717, 1.165) is 17.5 Å². The van der Waals surface area contributed by atoms with E-state index in [9.17, 15) is 8.42 Å². The number of aryl methyl sites for hydroxylation is 2. The van der Waals surface area contributed by atoms with Crippen LogP contribution < -0.4 is 4.72 Å². The third-order valence-electron chi connectivity index (χ3n) is 2.89. The first-order chi connectivity index (χ1) is 9.51. The van der Waals surface area contributed by atoms with Crippen molar-refractivity contribution in [2.24, 2.45) is 0 Å². The summed E-state index contributed by atoms with van der Waals surface area (Å²) in [6.07, 6.45) is 0.770. The molecule has 0 heterocycles. The molecule has 0 aliphatic heterocycles. The highest BCUT2D eigenvalue weighted by Crippen LogP contribution is 2.17. The molecule has 106 valence electrons. The smallest absolute Gasteiger partial charge is 0.261 e. The second-order valence-electron chi connectivity index (χ2n) is 4.56. The van der Waals surface area contributed by atoms with Crippen LogP contribution in [-0.4, -0.2) is 14.3 Å². The van der Waals surface area contributed by atoms with Crippen LogP contribution in [0, 0.1) is 6.92 Å². The maximum atomic E-state index is 12.2. The van der Waals surface area contributed by atoms with Crippen molar-refractivity contribution < 1.29 is 8.42 Å². The Hall–Kier alpha value is -1.52. The van der Waals surface area contributed by atoms with Gasteiger partial charge in [0.25, 0.3) is 10.0 Å². The van der Waals surface area contributed by atoms with E-state index in [4.69, 9.17) is 11.6 Å². The van der Waals surface area contributed by atoms with Crippen molar-refractivity contribution in [3.05, 3.63) is 59.7 Å². The summed E-state index contributed by atoms with van der Waals surface area (Å²) in [6.45, 7) is 1.86. The quantitative estimate of drug-likeness (QED) is 0.858. The van der Waals surface area contributed by atoms with Crippen LogP contribution in [0.5, 0.6) is 0 Å². The molecular formula is C15H16ClNO2S. The van der Waals surface area contributed by atoms with Gasteiger partial charge < -0.3 is 0 Å². The normalized spacial score (nSPS) is 11.3. The molecule has 0 saturated heterocycles. The minimum absolute atomic E-state index is 0.266. The van der Waals surface area contributed by atoms with Crippen LogP contribution in [0.4, 0.5) is 5.69 Å². The molecule has 5 heteroatoms. The number of sulfonamides is 1. The molecule has 0 spiro atoms. The van der Waals surface area contributed by atoms with E-state index in [1.165, 1.54) is 0 Å². The standard InChI is InChI=1S/C15H16ClNO2S/c1-12-3-2-4-15(11-12)20(18,19)17-14-7-5-13(6-8-14)9-10-16/h2-8,11,17H,9-10H2,1H3. The fourth-order valence-electron chi connectivity index (χ4n) is 1.85. The number of benzene rings is 2. The van der Waals surface area contributed by atoms with Crippen molar-refractivity contribution in [2.75, 3.05) is 10.6 Å². The fraction of sp³-hybridized carbons (Fsp3) is 0.200. The highest BCUT2D eigenvalue weighted by atomic mass is 35.5. The number of rotatable bonds is 5. The topological polar surface area (TPSA) is 46.2 Å². The van der Waals surface area contributed by atoms with Crippen LogP contribution in [0.15, 0.2) is 53.4 Å². The predicted molar refractivity (Wildman–Crippen MR) is 82.9 cm³/mol. The van der Waals surface area contributed by atoms with Crippen LogP contribution >= 0.6 is 11.6 Å². The lowest BCUT2D eigenvalue weighted by atomic mass is 10.2. The molecular weight excluding hydrogens is 294 g/mol. The summed E-state index contributed by atoms with van der Waals surface area (Å²) in [6, 6.07) is 14.0. The van der Waals surface area contributed by atoms with Gasteiger partial charge in [-0.2, -0.15) is 0 Å². The van der Waals surface area contributed by atoms with Gasteiger partial charge in [0.05, 0.1) is 4.90 Å². The Balaban J connectivity index is 2.20.